The van der Waals surface area contributed by atoms with Crippen molar-refractivity contribution in [1.82, 2.24) is 0 Å². The first kappa shape index (κ1) is 23.9. The molecule has 0 bridgehead atoms. The SMILES string of the molecule is CCCCCCCCCC#C[C@@H](CCOC1CCCCO1)OCc1ccccc1. The third-order valence-electron chi connectivity index (χ3n) is 5.28. The monoisotopic (exact) mass is 400 g/mol. The average Bonchev–Trinajstić information content (AvgIpc) is 2.77. The lowest BCUT2D eigenvalue weighted by Crippen LogP contribution is -2.24. The van der Waals surface area contributed by atoms with E-state index in [2.05, 4.69) is 30.9 Å². The van der Waals surface area contributed by atoms with Gasteiger partial charge in [0.05, 0.1) is 13.2 Å². The first-order chi connectivity index (χ1) is 14.4. The first-order valence-corrected chi connectivity index (χ1v) is 11.8. The van der Waals surface area contributed by atoms with Crippen molar-refractivity contribution in [2.45, 2.75) is 103 Å². The lowest BCUT2D eigenvalue weighted by Gasteiger charge is -2.23. The highest BCUT2D eigenvalue weighted by molar-refractivity contribution is 5.14. The highest BCUT2D eigenvalue weighted by Crippen LogP contribution is 2.15. The Morgan fingerprint density at radius 3 is 2.59 bits per heavy atom. The quantitative estimate of drug-likeness (QED) is 0.258. The second-order valence-electron chi connectivity index (χ2n) is 7.93. The molecule has 162 valence electrons. The summed E-state index contributed by atoms with van der Waals surface area (Å²) in [5.74, 6) is 6.70. The van der Waals surface area contributed by atoms with Gasteiger partial charge in [-0.1, -0.05) is 81.7 Å². The maximum absolute atomic E-state index is 6.10. The molecule has 0 amide bonds. The molecule has 1 aromatic rings. The van der Waals surface area contributed by atoms with Crippen molar-refractivity contribution >= 4 is 0 Å². The molecule has 2 atom stereocenters. The van der Waals surface area contributed by atoms with Crippen LogP contribution >= 0.6 is 0 Å². The summed E-state index contributed by atoms with van der Waals surface area (Å²) < 4.78 is 17.6. The molecule has 1 aliphatic heterocycles. The van der Waals surface area contributed by atoms with Gasteiger partial charge in [-0.3, -0.25) is 0 Å². The minimum atomic E-state index is -0.0802. The molecule has 1 heterocycles. The Labute approximate surface area is 178 Å². The van der Waals surface area contributed by atoms with Gasteiger partial charge in [0, 0.05) is 19.4 Å². The van der Waals surface area contributed by atoms with Crippen molar-refractivity contribution in [2.24, 2.45) is 0 Å². The molecule has 0 saturated carbocycles. The van der Waals surface area contributed by atoms with Crippen molar-refractivity contribution in [1.29, 1.82) is 0 Å². The molecule has 1 saturated heterocycles. The molecule has 0 N–H and O–H groups in total. The number of benzene rings is 1. The maximum Gasteiger partial charge on any atom is 0.157 e. The summed E-state index contributed by atoms with van der Waals surface area (Å²) in [6.07, 6.45) is 14.2. The number of rotatable bonds is 14. The average molecular weight is 401 g/mol. The van der Waals surface area contributed by atoms with E-state index >= 15 is 0 Å². The molecule has 1 fully saturated rings. The minimum absolute atomic E-state index is 0.0424. The fraction of sp³-hybridized carbons (Fsp3) is 0.692. The fourth-order valence-corrected chi connectivity index (χ4v) is 3.47. The van der Waals surface area contributed by atoms with E-state index in [-0.39, 0.29) is 12.4 Å². The Balaban J connectivity index is 1.68. The Morgan fingerprint density at radius 1 is 1.03 bits per heavy atom. The van der Waals surface area contributed by atoms with Crippen molar-refractivity contribution in [2.75, 3.05) is 13.2 Å². The molecule has 1 aromatic carbocycles. The predicted molar refractivity (Wildman–Crippen MR) is 120 cm³/mol. The van der Waals surface area contributed by atoms with Gasteiger partial charge in [-0.15, -0.1) is 5.92 Å². The van der Waals surface area contributed by atoms with Gasteiger partial charge >= 0.3 is 0 Å². The van der Waals surface area contributed by atoms with Gasteiger partial charge in [-0.25, -0.2) is 0 Å². The van der Waals surface area contributed by atoms with E-state index in [1.165, 1.54) is 56.9 Å². The van der Waals surface area contributed by atoms with E-state index < -0.39 is 0 Å². The Morgan fingerprint density at radius 2 is 1.83 bits per heavy atom. The highest BCUT2D eigenvalue weighted by atomic mass is 16.7. The Hall–Kier alpha value is -1.34. The standard InChI is InChI=1S/C26H40O3/c1-2-3-4-5-6-7-8-9-13-18-25(29-23-24-16-11-10-12-17-24)20-22-28-26-19-14-15-21-27-26/h10-12,16-17,25-26H,2-9,14-15,19-23H2,1H3/t25-,26?/m0/s1. The van der Waals surface area contributed by atoms with E-state index in [9.17, 15) is 0 Å². The first-order valence-electron chi connectivity index (χ1n) is 11.8. The zero-order valence-electron chi connectivity index (χ0n) is 18.4. The van der Waals surface area contributed by atoms with Crippen LogP contribution in [0, 0.1) is 11.8 Å². The van der Waals surface area contributed by atoms with E-state index in [1.54, 1.807) is 0 Å². The summed E-state index contributed by atoms with van der Waals surface area (Å²) in [5, 5.41) is 0. The van der Waals surface area contributed by atoms with E-state index in [1.807, 2.05) is 18.2 Å². The van der Waals surface area contributed by atoms with Gasteiger partial charge in [-0.2, -0.15) is 0 Å². The van der Waals surface area contributed by atoms with Gasteiger partial charge in [0.25, 0.3) is 0 Å². The molecule has 1 unspecified atom stereocenters. The molecule has 0 aliphatic carbocycles. The summed E-state index contributed by atoms with van der Waals surface area (Å²) in [7, 11) is 0. The molecule has 1 aliphatic rings. The van der Waals surface area contributed by atoms with Gasteiger partial charge in [0.2, 0.25) is 0 Å². The second-order valence-corrected chi connectivity index (χ2v) is 7.93. The number of hydrogen-bond donors (Lipinski definition) is 0. The number of ether oxygens (including phenoxy) is 3. The molecule has 0 radical (unpaired) electrons. The Bertz CT molecular complexity index is 554. The van der Waals surface area contributed by atoms with Crippen molar-refractivity contribution in [3.63, 3.8) is 0 Å². The molecule has 0 aromatic heterocycles. The largest absolute Gasteiger partial charge is 0.361 e. The lowest BCUT2D eigenvalue weighted by atomic mass is 10.1. The van der Waals surface area contributed by atoms with Crippen molar-refractivity contribution < 1.29 is 14.2 Å². The summed E-state index contributed by atoms with van der Waals surface area (Å²) in [5.41, 5.74) is 1.18. The third-order valence-corrected chi connectivity index (χ3v) is 5.28. The normalized spacial score (nSPS) is 17.5. The predicted octanol–water partition coefficient (Wildman–Crippen LogP) is 6.65. The fourth-order valence-electron chi connectivity index (χ4n) is 3.47. The van der Waals surface area contributed by atoms with Crippen LogP contribution in [0.3, 0.4) is 0 Å². The maximum atomic E-state index is 6.10. The summed E-state index contributed by atoms with van der Waals surface area (Å²) in [6.45, 7) is 4.31. The van der Waals surface area contributed by atoms with E-state index in [4.69, 9.17) is 14.2 Å². The van der Waals surface area contributed by atoms with Gasteiger partial charge in [0.15, 0.2) is 6.29 Å². The van der Waals surface area contributed by atoms with Gasteiger partial charge < -0.3 is 14.2 Å². The summed E-state index contributed by atoms with van der Waals surface area (Å²) >= 11 is 0. The number of unbranched alkanes of at least 4 members (excludes halogenated alkanes) is 7. The Kier molecular flexibility index (Phi) is 13.6. The van der Waals surface area contributed by atoms with E-state index in [0.717, 1.165) is 32.3 Å². The minimum Gasteiger partial charge on any atom is -0.361 e. The zero-order chi connectivity index (χ0) is 20.4. The molecular weight excluding hydrogens is 360 g/mol. The van der Waals surface area contributed by atoms with Crippen molar-refractivity contribution in [3.8, 4) is 11.8 Å². The zero-order valence-corrected chi connectivity index (χ0v) is 18.4. The second kappa shape index (κ2) is 16.5. The van der Waals surface area contributed by atoms with Crippen molar-refractivity contribution in [3.05, 3.63) is 35.9 Å². The topological polar surface area (TPSA) is 27.7 Å². The van der Waals surface area contributed by atoms with E-state index in [0.29, 0.717) is 13.2 Å². The van der Waals surface area contributed by atoms with Crippen LogP contribution in [0.4, 0.5) is 0 Å². The van der Waals surface area contributed by atoms with Crippen LogP contribution in [-0.4, -0.2) is 25.6 Å². The van der Waals surface area contributed by atoms with Gasteiger partial charge in [-0.05, 0) is 31.2 Å². The molecule has 3 nitrogen and oxygen atoms in total. The summed E-state index contributed by atoms with van der Waals surface area (Å²) in [4.78, 5) is 0. The van der Waals surface area contributed by atoms with Crippen LogP contribution in [0.1, 0.15) is 89.5 Å². The van der Waals surface area contributed by atoms with Crippen LogP contribution in [-0.2, 0) is 20.8 Å². The van der Waals surface area contributed by atoms with Crippen LogP contribution < -0.4 is 0 Å². The van der Waals surface area contributed by atoms with Gasteiger partial charge in [0.1, 0.15) is 6.10 Å². The van der Waals surface area contributed by atoms with Crippen LogP contribution in [0.25, 0.3) is 0 Å². The lowest BCUT2D eigenvalue weighted by molar-refractivity contribution is -0.165. The van der Waals surface area contributed by atoms with Crippen LogP contribution in [0.5, 0.6) is 0 Å². The molecule has 3 heteroatoms. The molecular formula is C26H40O3. The highest BCUT2D eigenvalue weighted by Gasteiger charge is 2.15. The molecule has 0 spiro atoms. The van der Waals surface area contributed by atoms with Crippen LogP contribution in [0.2, 0.25) is 0 Å². The molecule has 2 rings (SSSR count). The number of hydrogen-bond acceptors (Lipinski definition) is 3. The molecule has 29 heavy (non-hydrogen) atoms. The summed E-state index contributed by atoms with van der Waals surface area (Å²) in [6, 6.07) is 10.3. The smallest absolute Gasteiger partial charge is 0.157 e. The van der Waals surface area contributed by atoms with Crippen LogP contribution in [0.15, 0.2) is 30.3 Å². The third kappa shape index (κ3) is 12.1.